The molecule has 2 aromatic heterocycles. The predicted molar refractivity (Wildman–Crippen MR) is 77.9 cm³/mol. The highest BCUT2D eigenvalue weighted by atomic mass is 35.5. The molecule has 0 aliphatic heterocycles. The van der Waals surface area contributed by atoms with Gasteiger partial charge >= 0.3 is 7.12 Å². The van der Waals surface area contributed by atoms with Crippen molar-refractivity contribution in [2.24, 2.45) is 0 Å². The lowest BCUT2D eigenvalue weighted by Crippen LogP contribution is -2.29. The Morgan fingerprint density at radius 1 is 1.10 bits per heavy atom. The molecule has 2 heterocycles. The molecule has 0 unspecified atom stereocenters. The molecule has 0 saturated heterocycles. The first-order valence-corrected chi connectivity index (χ1v) is 6.43. The van der Waals surface area contributed by atoms with Gasteiger partial charge in [0.1, 0.15) is 5.52 Å². The van der Waals surface area contributed by atoms with Crippen LogP contribution in [-0.2, 0) is 6.54 Å². The third kappa shape index (κ3) is 2.41. The van der Waals surface area contributed by atoms with Crippen LogP contribution in [0.2, 0.25) is 5.15 Å². The summed E-state index contributed by atoms with van der Waals surface area (Å²) in [4.78, 5) is 8.24. The zero-order valence-electron chi connectivity index (χ0n) is 10.4. The van der Waals surface area contributed by atoms with Crippen molar-refractivity contribution in [1.82, 2.24) is 14.5 Å². The summed E-state index contributed by atoms with van der Waals surface area (Å²) in [5, 5.41) is 18.5. The maximum absolute atomic E-state index is 9.06. The monoisotopic (exact) mass is 287 g/mol. The minimum Gasteiger partial charge on any atom is -0.423 e. The molecule has 0 radical (unpaired) electrons. The van der Waals surface area contributed by atoms with E-state index in [1.54, 1.807) is 24.7 Å². The molecule has 3 aromatic rings. The van der Waals surface area contributed by atoms with E-state index < -0.39 is 7.12 Å². The first-order chi connectivity index (χ1) is 9.65. The van der Waals surface area contributed by atoms with Crippen LogP contribution in [-0.4, -0.2) is 31.7 Å². The molecule has 0 aliphatic rings. The van der Waals surface area contributed by atoms with Crippen molar-refractivity contribution in [3.63, 3.8) is 0 Å². The Labute approximate surface area is 120 Å². The molecule has 7 heteroatoms. The van der Waals surface area contributed by atoms with E-state index in [1.165, 1.54) is 0 Å². The van der Waals surface area contributed by atoms with Gasteiger partial charge in [-0.15, -0.1) is 0 Å². The van der Waals surface area contributed by atoms with E-state index >= 15 is 0 Å². The Bertz CT molecular complexity index is 743. The normalized spacial score (nSPS) is 10.9. The average Bonchev–Trinajstić information content (AvgIpc) is 2.84. The average molecular weight is 288 g/mol. The van der Waals surface area contributed by atoms with E-state index in [9.17, 15) is 0 Å². The third-order valence-electron chi connectivity index (χ3n) is 3.12. The minimum absolute atomic E-state index is 0.389. The first-order valence-electron chi connectivity index (χ1n) is 6.05. The van der Waals surface area contributed by atoms with Gasteiger partial charge < -0.3 is 14.6 Å². The van der Waals surface area contributed by atoms with Gasteiger partial charge in [-0.1, -0.05) is 35.9 Å². The quantitative estimate of drug-likeness (QED) is 0.552. The summed E-state index contributed by atoms with van der Waals surface area (Å²) in [5.74, 6) is 0. The molecule has 20 heavy (non-hydrogen) atoms. The van der Waals surface area contributed by atoms with Crippen LogP contribution < -0.4 is 5.46 Å². The van der Waals surface area contributed by atoms with Crippen LogP contribution in [0.25, 0.3) is 11.0 Å². The Kier molecular flexibility index (Phi) is 3.44. The van der Waals surface area contributed by atoms with Crippen LogP contribution in [0.3, 0.4) is 0 Å². The summed E-state index contributed by atoms with van der Waals surface area (Å²) in [6, 6.07) is 8.94. The molecule has 1 aromatic carbocycles. The van der Waals surface area contributed by atoms with Crippen LogP contribution in [0.4, 0.5) is 0 Å². The Morgan fingerprint density at radius 3 is 2.55 bits per heavy atom. The second kappa shape index (κ2) is 5.24. The number of nitrogens with zero attached hydrogens (tertiary/aromatic N) is 3. The number of benzene rings is 1. The highest BCUT2D eigenvalue weighted by Crippen LogP contribution is 2.19. The molecular weight excluding hydrogens is 276 g/mol. The molecule has 0 atom stereocenters. The van der Waals surface area contributed by atoms with Crippen LogP contribution in [0.1, 0.15) is 5.56 Å². The Morgan fingerprint density at radius 2 is 1.85 bits per heavy atom. The molecule has 0 aliphatic carbocycles. The van der Waals surface area contributed by atoms with E-state index in [2.05, 4.69) is 9.97 Å². The predicted octanol–water partition coefficient (Wildman–Crippen LogP) is 0.813. The van der Waals surface area contributed by atoms with Gasteiger partial charge in [0.15, 0.2) is 5.15 Å². The maximum Gasteiger partial charge on any atom is 0.488 e. The van der Waals surface area contributed by atoms with Gasteiger partial charge in [-0.25, -0.2) is 9.97 Å². The van der Waals surface area contributed by atoms with Gasteiger partial charge in [0.2, 0.25) is 0 Å². The maximum atomic E-state index is 9.06. The van der Waals surface area contributed by atoms with Crippen molar-refractivity contribution >= 4 is 35.2 Å². The number of hydrogen-bond acceptors (Lipinski definition) is 4. The number of pyridine rings is 1. The smallest absolute Gasteiger partial charge is 0.423 e. The largest absolute Gasteiger partial charge is 0.488 e. The summed E-state index contributed by atoms with van der Waals surface area (Å²) in [7, 11) is -1.44. The second-order valence-corrected chi connectivity index (χ2v) is 4.82. The van der Waals surface area contributed by atoms with Gasteiger partial charge in [0, 0.05) is 12.7 Å². The van der Waals surface area contributed by atoms with Crippen LogP contribution in [0, 0.1) is 0 Å². The van der Waals surface area contributed by atoms with Crippen molar-refractivity contribution in [3.05, 3.63) is 53.6 Å². The van der Waals surface area contributed by atoms with Gasteiger partial charge in [-0.05, 0) is 17.1 Å². The Balaban J connectivity index is 1.91. The van der Waals surface area contributed by atoms with Gasteiger partial charge in [-0.2, -0.15) is 0 Å². The number of fused-ring (bicyclic) bond motifs is 1. The van der Waals surface area contributed by atoms with E-state index in [4.69, 9.17) is 21.6 Å². The molecule has 100 valence electrons. The van der Waals surface area contributed by atoms with Crippen molar-refractivity contribution in [1.29, 1.82) is 0 Å². The minimum atomic E-state index is -1.44. The molecule has 0 bridgehead atoms. The SMILES string of the molecule is OB(O)c1ccc(Cn2cnc3c(Cl)nccc32)cc1. The summed E-state index contributed by atoms with van der Waals surface area (Å²) in [6.07, 6.45) is 3.36. The standard InChI is InChI=1S/C13H11BClN3O2/c15-13-12-11(5-6-16-13)18(8-17-12)7-9-1-3-10(4-2-9)14(19)20/h1-6,8,19-20H,7H2. The molecule has 2 N–H and O–H groups in total. The number of imidazole rings is 1. The molecule has 0 saturated carbocycles. The zero-order chi connectivity index (χ0) is 14.1. The van der Waals surface area contributed by atoms with Crippen molar-refractivity contribution in [3.8, 4) is 0 Å². The van der Waals surface area contributed by atoms with E-state index in [0.29, 0.717) is 22.7 Å². The molecular formula is C13H11BClN3O2. The third-order valence-corrected chi connectivity index (χ3v) is 3.40. The van der Waals surface area contributed by atoms with Gasteiger partial charge in [-0.3, -0.25) is 0 Å². The molecule has 0 fully saturated rings. The Hall–Kier alpha value is -1.89. The van der Waals surface area contributed by atoms with Crippen molar-refractivity contribution in [2.75, 3.05) is 0 Å². The molecule has 0 amide bonds. The number of aromatic nitrogens is 3. The molecule has 3 rings (SSSR count). The highest BCUT2D eigenvalue weighted by Gasteiger charge is 2.11. The lowest BCUT2D eigenvalue weighted by atomic mass is 9.80. The highest BCUT2D eigenvalue weighted by molar-refractivity contribution is 6.58. The molecule has 5 nitrogen and oxygen atoms in total. The van der Waals surface area contributed by atoms with Crippen LogP contribution >= 0.6 is 11.6 Å². The fraction of sp³-hybridized carbons (Fsp3) is 0.0769. The number of hydrogen-bond donors (Lipinski definition) is 2. The van der Waals surface area contributed by atoms with Crippen molar-refractivity contribution in [2.45, 2.75) is 6.54 Å². The lowest BCUT2D eigenvalue weighted by molar-refractivity contribution is 0.426. The van der Waals surface area contributed by atoms with E-state index in [1.807, 2.05) is 22.8 Å². The van der Waals surface area contributed by atoms with Crippen LogP contribution in [0.5, 0.6) is 0 Å². The summed E-state index contributed by atoms with van der Waals surface area (Å²) >= 11 is 5.99. The zero-order valence-corrected chi connectivity index (χ0v) is 11.2. The molecule has 0 spiro atoms. The van der Waals surface area contributed by atoms with Gasteiger partial charge in [0.25, 0.3) is 0 Å². The number of halogens is 1. The first kappa shape index (κ1) is 13.1. The fourth-order valence-electron chi connectivity index (χ4n) is 2.08. The fourth-order valence-corrected chi connectivity index (χ4v) is 2.28. The number of rotatable bonds is 3. The van der Waals surface area contributed by atoms with Gasteiger partial charge in [0.05, 0.1) is 11.8 Å². The second-order valence-electron chi connectivity index (χ2n) is 4.46. The van der Waals surface area contributed by atoms with Crippen LogP contribution in [0.15, 0.2) is 42.9 Å². The van der Waals surface area contributed by atoms with Crippen molar-refractivity contribution < 1.29 is 10.0 Å². The van der Waals surface area contributed by atoms with E-state index in [0.717, 1.165) is 11.1 Å². The lowest BCUT2D eigenvalue weighted by Gasteiger charge is -2.06. The van der Waals surface area contributed by atoms with E-state index in [-0.39, 0.29) is 0 Å². The topological polar surface area (TPSA) is 71.2 Å². The summed E-state index contributed by atoms with van der Waals surface area (Å²) in [6.45, 7) is 0.624. The summed E-state index contributed by atoms with van der Waals surface area (Å²) in [5.41, 5.74) is 3.09. The summed E-state index contributed by atoms with van der Waals surface area (Å²) < 4.78 is 1.97.